The summed E-state index contributed by atoms with van der Waals surface area (Å²) < 4.78 is 13.1. The molecule has 0 saturated heterocycles. The van der Waals surface area contributed by atoms with Crippen LogP contribution in [0.5, 0.6) is 0 Å². The summed E-state index contributed by atoms with van der Waals surface area (Å²) in [5, 5.41) is 0.981. The fourth-order valence-electron chi connectivity index (χ4n) is 2.11. The average molecular weight is 317 g/mol. The van der Waals surface area contributed by atoms with Crippen molar-refractivity contribution in [2.24, 2.45) is 0 Å². The van der Waals surface area contributed by atoms with Gasteiger partial charge in [0.2, 0.25) is 5.16 Å². The molecule has 0 bridgehead atoms. The van der Waals surface area contributed by atoms with Crippen LogP contribution in [0.3, 0.4) is 0 Å². The number of rotatable bonds is 3. The van der Waals surface area contributed by atoms with Crippen molar-refractivity contribution in [2.75, 3.05) is 6.26 Å². The van der Waals surface area contributed by atoms with E-state index < -0.39 is 10.8 Å². The average Bonchev–Trinajstić information content (AvgIpc) is 2.50. The molecule has 6 nitrogen and oxygen atoms in total. The maximum atomic E-state index is 12.1. The Kier molecular flexibility index (Phi) is 4.79. The molecule has 2 aromatic heterocycles. The van der Waals surface area contributed by atoms with Gasteiger partial charge in [0, 0.05) is 23.9 Å². The third-order valence-corrected chi connectivity index (χ3v) is 3.85. The van der Waals surface area contributed by atoms with Crippen molar-refractivity contribution in [3.05, 3.63) is 64.6 Å². The summed E-state index contributed by atoms with van der Waals surface area (Å²) in [4.78, 5) is 20.5. The Hall–Kier alpha value is -2.38. The molecule has 2 heterocycles. The van der Waals surface area contributed by atoms with Crippen LogP contribution in [-0.2, 0) is 17.3 Å². The molecule has 0 fully saturated rings. The number of aromatic nitrogens is 3. The lowest BCUT2D eigenvalue weighted by molar-refractivity contribution is 0.679. The quantitative estimate of drug-likeness (QED) is 0.666. The van der Waals surface area contributed by atoms with Gasteiger partial charge in [0.25, 0.3) is 5.56 Å². The predicted molar refractivity (Wildman–Crippen MR) is 85.3 cm³/mol. The highest BCUT2D eigenvalue weighted by Crippen LogP contribution is 2.11. The lowest BCUT2D eigenvalue weighted by Crippen LogP contribution is -2.21. The Labute approximate surface area is 129 Å². The molecule has 7 heteroatoms. The SMILES string of the molecule is CS(=O)c1ncc2ccc(=O)n(Cc3ccccc3)c2n1.O. The molecule has 0 spiro atoms. The number of pyridine rings is 1. The second kappa shape index (κ2) is 6.59. The van der Waals surface area contributed by atoms with Crippen LogP contribution in [0, 0.1) is 0 Å². The van der Waals surface area contributed by atoms with E-state index in [1.807, 2.05) is 30.3 Å². The van der Waals surface area contributed by atoms with E-state index >= 15 is 0 Å². The Morgan fingerprint density at radius 2 is 1.86 bits per heavy atom. The molecular weight excluding hydrogens is 302 g/mol. The Balaban J connectivity index is 0.00000176. The first-order valence-electron chi connectivity index (χ1n) is 6.39. The van der Waals surface area contributed by atoms with Crippen LogP contribution in [0.15, 0.2) is 58.6 Å². The molecule has 1 unspecified atom stereocenters. The lowest BCUT2D eigenvalue weighted by Gasteiger charge is -2.09. The molecule has 22 heavy (non-hydrogen) atoms. The summed E-state index contributed by atoms with van der Waals surface area (Å²) in [6.45, 7) is 0.420. The Bertz CT molecular complexity index is 878. The van der Waals surface area contributed by atoms with Crippen molar-refractivity contribution in [1.82, 2.24) is 14.5 Å². The van der Waals surface area contributed by atoms with Crippen LogP contribution in [0.2, 0.25) is 0 Å². The van der Waals surface area contributed by atoms with Gasteiger partial charge < -0.3 is 5.48 Å². The second-order valence-electron chi connectivity index (χ2n) is 4.63. The number of fused-ring (bicyclic) bond motifs is 1. The van der Waals surface area contributed by atoms with E-state index in [0.717, 1.165) is 10.9 Å². The number of benzene rings is 1. The normalized spacial score (nSPS) is 11.9. The van der Waals surface area contributed by atoms with Crippen molar-refractivity contribution < 1.29 is 9.69 Å². The van der Waals surface area contributed by atoms with E-state index in [2.05, 4.69) is 9.97 Å². The fraction of sp³-hybridized carbons (Fsp3) is 0.133. The minimum Gasteiger partial charge on any atom is -0.412 e. The van der Waals surface area contributed by atoms with E-state index in [-0.39, 0.29) is 16.2 Å². The Morgan fingerprint density at radius 3 is 2.55 bits per heavy atom. The molecule has 2 N–H and O–H groups in total. The van der Waals surface area contributed by atoms with Crippen molar-refractivity contribution >= 4 is 21.8 Å². The largest absolute Gasteiger partial charge is 0.412 e. The third-order valence-electron chi connectivity index (χ3n) is 3.14. The van der Waals surface area contributed by atoms with Gasteiger partial charge in [-0.25, -0.2) is 9.97 Å². The highest BCUT2D eigenvalue weighted by Gasteiger charge is 2.09. The van der Waals surface area contributed by atoms with Gasteiger partial charge in [-0.1, -0.05) is 30.3 Å². The zero-order valence-electron chi connectivity index (χ0n) is 11.9. The fourth-order valence-corrected chi connectivity index (χ4v) is 2.53. The smallest absolute Gasteiger partial charge is 0.252 e. The molecule has 0 radical (unpaired) electrons. The monoisotopic (exact) mass is 317 g/mol. The topological polar surface area (TPSA) is 96.3 Å². The van der Waals surface area contributed by atoms with Gasteiger partial charge in [-0.15, -0.1) is 0 Å². The van der Waals surface area contributed by atoms with E-state index in [0.29, 0.717) is 12.2 Å². The predicted octanol–water partition coefficient (Wildman–Crippen LogP) is 0.752. The van der Waals surface area contributed by atoms with E-state index in [1.54, 1.807) is 16.8 Å². The van der Waals surface area contributed by atoms with Crippen LogP contribution in [0.25, 0.3) is 11.0 Å². The van der Waals surface area contributed by atoms with Crippen LogP contribution in [-0.4, -0.2) is 30.5 Å². The summed E-state index contributed by atoms with van der Waals surface area (Å²) >= 11 is 0. The molecule has 1 atom stereocenters. The minimum absolute atomic E-state index is 0. The van der Waals surface area contributed by atoms with Crippen molar-refractivity contribution in [3.8, 4) is 0 Å². The molecule has 0 aliphatic rings. The first kappa shape index (κ1) is 16.0. The number of hydrogen-bond donors (Lipinski definition) is 0. The summed E-state index contributed by atoms with van der Waals surface area (Å²) in [5.41, 5.74) is 1.37. The zero-order valence-corrected chi connectivity index (χ0v) is 12.7. The van der Waals surface area contributed by atoms with Gasteiger partial charge in [-0.2, -0.15) is 0 Å². The minimum atomic E-state index is -1.28. The first-order chi connectivity index (χ1) is 10.1. The van der Waals surface area contributed by atoms with Crippen LogP contribution in [0.1, 0.15) is 5.56 Å². The van der Waals surface area contributed by atoms with Crippen molar-refractivity contribution in [3.63, 3.8) is 0 Å². The van der Waals surface area contributed by atoms with E-state index in [9.17, 15) is 9.00 Å². The van der Waals surface area contributed by atoms with Gasteiger partial charge in [0.1, 0.15) is 5.65 Å². The Morgan fingerprint density at radius 1 is 1.14 bits per heavy atom. The van der Waals surface area contributed by atoms with Crippen molar-refractivity contribution in [1.29, 1.82) is 0 Å². The third kappa shape index (κ3) is 3.10. The summed E-state index contributed by atoms with van der Waals surface area (Å²) in [6, 6.07) is 12.9. The van der Waals surface area contributed by atoms with Gasteiger partial charge in [-0.3, -0.25) is 13.6 Å². The molecule has 0 saturated carbocycles. The molecular formula is C15H15N3O3S. The molecule has 114 valence electrons. The molecule has 0 aliphatic heterocycles. The molecule has 1 aromatic carbocycles. The number of nitrogens with zero attached hydrogens (tertiary/aromatic N) is 3. The van der Waals surface area contributed by atoms with Crippen LogP contribution >= 0.6 is 0 Å². The standard InChI is InChI=1S/C15H13N3O2S.H2O/c1-21(20)15-16-9-12-7-8-13(19)18(14(12)17-15)10-11-5-3-2-4-6-11;/h2-9H,10H2,1H3;1H2. The highest BCUT2D eigenvalue weighted by molar-refractivity contribution is 7.84. The highest BCUT2D eigenvalue weighted by atomic mass is 32.2. The zero-order chi connectivity index (χ0) is 14.8. The van der Waals surface area contributed by atoms with Crippen molar-refractivity contribution in [2.45, 2.75) is 11.7 Å². The lowest BCUT2D eigenvalue weighted by atomic mass is 10.2. The van der Waals surface area contributed by atoms with Gasteiger partial charge in [-0.05, 0) is 11.6 Å². The maximum Gasteiger partial charge on any atom is 0.252 e. The summed E-state index contributed by atoms with van der Waals surface area (Å²) in [6.07, 6.45) is 3.11. The van der Waals surface area contributed by atoms with Gasteiger partial charge >= 0.3 is 0 Å². The van der Waals surface area contributed by atoms with Gasteiger partial charge in [0.15, 0.2) is 0 Å². The van der Waals surface area contributed by atoms with Crippen LogP contribution in [0.4, 0.5) is 0 Å². The maximum absolute atomic E-state index is 12.1. The molecule has 3 aromatic rings. The first-order valence-corrected chi connectivity index (χ1v) is 7.95. The van der Waals surface area contributed by atoms with Gasteiger partial charge in [0.05, 0.1) is 17.3 Å². The summed E-state index contributed by atoms with van der Waals surface area (Å²) in [7, 11) is -1.28. The molecule has 3 rings (SSSR count). The van der Waals surface area contributed by atoms with Crippen LogP contribution < -0.4 is 5.56 Å². The summed E-state index contributed by atoms with van der Waals surface area (Å²) in [5.74, 6) is 0. The second-order valence-corrected chi connectivity index (χ2v) is 5.90. The van der Waals surface area contributed by atoms with E-state index in [1.165, 1.54) is 12.3 Å². The molecule has 0 aliphatic carbocycles. The molecule has 0 amide bonds. The van der Waals surface area contributed by atoms with E-state index in [4.69, 9.17) is 0 Å². The number of hydrogen-bond acceptors (Lipinski definition) is 4.